The summed E-state index contributed by atoms with van der Waals surface area (Å²) < 4.78 is 0. The van der Waals surface area contributed by atoms with Crippen molar-refractivity contribution in [3.63, 3.8) is 0 Å². The molecule has 0 bridgehead atoms. The van der Waals surface area contributed by atoms with Crippen LogP contribution in [-0.2, 0) is 11.3 Å². The molecule has 1 saturated heterocycles. The quantitative estimate of drug-likeness (QED) is 0.826. The molecule has 1 aliphatic rings. The zero-order valence-corrected chi connectivity index (χ0v) is 11.7. The van der Waals surface area contributed by atoms with Gasteiger partial charge in [0.1, 0.15) is 0 Å². The van der Waals surface area contributed by atoms with E-state index in [4.69, 9.17) is 5.73 Å². The molecule has 1 aromatic heterocycles. The van der Waals surface area contributed by atoms with E-state index >= 15 is 0 Å². The third-order valence-corrected chi connectivity index (χ3v) is 4.96. The van der Waals surface area contributed by atoms with Gasteiger partial charge in [-0.2, -0.15) is 0 Å². The minimum absolute atomic E-state index is 0.154. The van der Waals surface area contributed by atoms with Gasteiger partial charge in [-0.1, -0.05) is 11.8 Å². The van der Waals surface area contributed by atoms with Crippen molar-refractivity contribution in [3.05, 3.63) is 21.9 Å². The van der Waals surface area contributed by atoms with Gasteiger partial charge in [0.15, 0.2) is 0 Å². The van der Waals surface area contributed by atoms with Gasteiger partial charge in [0.25, 0.3) is 0 Å². The van der Waals surface area contributed by atoms with Gasteiger partial charge in [-0.25, -0.2) is 0 Å². The molecular formula is C13H16N2OS2. The highest BCUT2D eigenvalue weighted by Gasteiger charge is 2.22. The summed E-state index contributed by atoms with van der Waals surface area (Å²) in [7, 11) is 0. The molecule has 96 valence electrons. The lowest BCUT2D eigenvalue weighted by Gasteiger charge is -2.08. The molecule has 2 heterocycles. The highest BCUT2D eigenvalue weighted by Crippen LogP contribution is 2.26. The Morgan fingerprint density at radius 1 is 1.61 bits per heavy atom. The highest BCUT2D eigenvalue weighted by molar-refractivity contribution is 8.00. The van der Waals surface area contributed by atoms with E-state index in [0.29, 0.717) is 13.1 Å². The topological polar surface area (TPSA) is 55.1 Å². The first-order chi connectivity index (χ1) is 8.79. The fourth-order valence-corrected chi connectivity index (χ4v) is 3.71. The van der Waals surface area contributed by atoms with Crippen molar-refractivity contribution < 1.29 is 4.79 Å². The summed E-state index contributed by atoms with van der Waals surface area (Å²) >= 11 is 3.38. The monoisotopic (exact) mass is 280 g/mol. The number of nitrogens with one attached hydrogen (secondary N) is 1. The molecule has 18 heavy (non-hydrogen) atoms. The van der Waals surface area contributed by atoms with E-state index in [9.17, 15) is 4.79 Å². The van der Waals surface area contributed by atoms with Crippen LogP contribution in [0.5, 0.6) is 0 Å². The number of hydrogen-bond acceptors (Lipinski definition) is 4. The molecule has 5 heteroatoms. The Morgan fingerprint density at radius 3 is 3.22 bits per heavy atom. The minimum Gasteiger partial charge on any atom is -0.350 e. The summed E-state index contributed by atoms with van der Waals surface area (Å²) in [5.74, 6) is 7.08. The first kappa shape index (κ1) is 13.5. The van der Waals surface area contributed by atoms with E-state index in [0.717, 1.165) is 29.0 Å². The van der Waals surface area contributed by atoms with Crippen molar-refractivity contribution in [2.75, 3.05) is 12.3 Å². The summed E-state index contributed by atoms with van der Waals surface area (Å²) in [6.07, 6.45) is 2.16. The summed E-state index contributed by atoms with van der Waals surface area (Å²) in [5.41, 5.74) is 6.30. The number of carbonyl (C=O) groups is 1. The number of amides is 1. The molecule has 1 fully saturated rings. The Kier molecular flexibility index (Phi) is 5.12. The fourth-order valence-electron chi connectivity index (χ4n) is 1.76. The molecule has 1 aliphatic heterocycles. The van der Waals surface area contributed by atoms with Crippen molar-refractivity contribution in [3.8, 4) is 11.8 Å². The lowest BCUT2D eigenvalue weighted by molar-refractivity contribution is -0.120. The molecule has 1 unspecified atom stereocenters. The molecule has 3 nitrogen and oxygen atoms in total. The van der Waals surface area contributed by atoms with E-state index in [1.54, 1.807) is 23.1 Å². The predicted molar refractivity (Wildman–Crippen MR) is 77.6 cm³/mol. The third kappa shape index (κ3) is 3.77. The number of carbonyl (C=O) groups excluding carboxylic acids is 1. The second-order valence-corrected chi connectivity index (χ2v) is 6.33. The van der Waals surface area contributed by atoms with Crippen LogP contribution in [0, 0.1) is 11.8 Å². The zero-order valence-electron chi connectivity index (χ0n) is 10.1. The Balaban J connectivity index is 1.82. The molecule has 1 aromatic rings. The van der Waals surface area contributed by atoms with Crippen LogP contribution in [0.25, 0.3) is 0 Å². The number of thioether (sulfide) groups is 1. The highest BCUT2D eigenvalue weighted by atomic mass is 32.2. The van der Waals surface area contributed by atoms with Gasteiger partial charge in [-0.3, -0.25) is 4.79 Å². The van der Waals surface area contributed by atoms with Crippen LogP contribution in [-0.4, -0.2) is 23.5 Å². The van der Waals surface area contributed by atoms with Crippen LogP contribution in [0.2, 0.25) is 0 Å². The number of thiophene rings is 1. The first-order valence-electron chi connectivity index (χ1n) is 5.95. The van der Waals surface area contributed by atoms with E-state index < -0.39 is 0 Å². The van der Waals surface area contributed by atoms with Gasteiger partial charge in [-0.15, -0.1) is 23.1 Å². The zero-order chi connectivity index (χ0) is 12.8. The second-order valence-electron chi connectivity index (χ2n) is 4.03. The van der Waals surface area contributed by atoms with Crippen molar-refractivity contribution in [1.82, 2.24) is 5.32 Å². The lowest BCUT2D eigenvalue weighted by Crippen LogP contribution is -2.30. The lowest BCUT2D eigenvalue weighted by atomic mass is 10.2. The van der Waals surface area contributed by atoms with Gasteiger partial charge >= 0.3 is 0 Å². The number of nitrogens with two attached hydrogens (primary N) is 1. The smallest absolute Gasteiger partial charge is 0.233 e. The third-order valence-electron chi connectivity index (χ3n) is 2.65. The van der Waals surface area contributed by atoms with E-state index in [-0.39, 0.29) is 11.2 Å². The van der Waals surface area contributed by atoms with Gasteiger partial charge in [-0.05, 0) is 24.7 Å². The fraction of sp³-hybridized carbons (Fsp3) is 0.462. The van der Waals surface area contributed by atoms with Crippen molar-refractivity contribution in [1.29, 1.82) is 0 Å². The van der Waals surface area contributed by atoms with Crippen LogP contribution >= 0.6 is 23.1 Å². The van der Waals surface area contributed by atoms with Crippen molar-refractivity contribution in [2.45, 2.75) is 24.6 Å². The largest absolute Gasteiger partial charge is 0.350 e. The molecule has 3 N–H and O–H groups in total. The Labute approximate surface area is 116 Å². The summed E-state index contributed by atoms with van der Waals surface area (Å²) in [6.45, 7) is 0.978. The SMILES string of the molecule is NCC#Cc1csc(CNC(=O)C2CCCS2)c1. The number of rotatable bonds is 3. The summed E-state index contributed by atoms with van der Waals surface area (Å²) in [4.78, 5) is 13.0. The molecular weight excluding hydrogens is 264 g/mol. The molecule has 0 spiro atoms. The molecule has 0 saturated carbocycles. The minimum atomic E-state index is 0.154. The van der Waals surface area contributed by atoms with Gasteiger partial charge in [0.2, 0.25) is 5.91 Å². The Morgan fingerprint density at radius 2 is 2.50 bits per heavy atom. The molecule has 1 amide bonds. The molecule has 0 aliphatic carbocycles. The normalized spacial score (nSPS) is 18.2. The summed E-state index contributed by atoms with van der Waals surface area (Å²) in [6, 6.07) is 2.01. The molecule has 0 radical (unpaired) electrons. The van der Waals surface area contributed by atoms with Crippen LogP contribution < -0.4 is 11.1 Å². The van der Waals surface area contributed by atoms with E-state index in [1.807, 2.05) is 11.4 Å². The summed E-state index contributed by atoms with van der Waals surface area (Å²) in [5, 5.41) is 5.14. The Hall–Kier alpha value is -0.960. The maximum atomic E-state index is 11.8. The van der Waals surface area contributed by atoms with E-state index in [2.05, 4.69) is 17.2 Å². The standard InChI is InChI=1S/C13H16N2OS2/c14-5-1-3-10-7-11(18-9-10)8-15-13(16)12-4-2-6-17-12/h7,9,12H,2,4-6,8,14H2,(H,15,16). The van der Waals surface area contributed by atoms with Crippen molar-refractivity contribution in [2.24, 2.45) is 5.73 Å². The van der Waals surface area contributed by atoms with Crippen LogP contribution in [0.15, 0.2) is 11.4 Å². The van der Waals surface area contributed by atoms with Crippen LogP contribution in [0.3, 0.4) is 0 Å². The molecule has 0 aromatic carbocycles. The average molecular weight is 280 g/mol. The second kappa shape index (κ2) is 6.83. The molecule has 1 atom stereocenters. The Bertz CT molecular complexity index is 467. The van der Waals surface area contributed by atoms with Gasteiger partial charge < -0.3 is 11.1 Å². The number of hydrogen-bond donors (Lipinski definition) is 2. The molecule has 2 rings (SSSR count). The van der Waals surface area contributed by atoms with E-state index in [1.165, 1.54) is 0 Å². The average Bonchev–Trinajstić information content (AvgIpc) is 3.04. The maximum Gasteiger partial charge on any atom is 0.233 e. The first-order valence-corrected chi connectivity index (χ1v) is 7.88. The predicted octanol–water partition coefficient (Wildman–Crippen LogP) is 1.57. The van der Waals surface area contributed by atoms with Crippen LogP contribution in [0.1, 0.15) is 23.3 Å². The van der Waals surface area contributed by atoms with Crippen LogP contribution in [0.4, 0.5) is 0 Å². The van der Waals surface area contributed by atoms with Gasteiger partial charge in [0.05, 0.1) is 18.3 Å². The van der Waals surface area contributed by atoms with Crippen molar-refractivity contribution >= 4 is 29.0 Å². The van der Waals surface area contributed by atoms with Gasteiger partial charge in [0, 0.05) is 15.8 Å². The maximum absolute atomic E-state index is 11.8.